The van der Waals surface area contributed by atoms with Crippen LogP contribution in [0.1, 0.15) is 19.4 Å². The lowest BCUT2D eigenvalue weighted by molar-refractivity contribution is 0.340. The van der Waals surface area contributed by atoms with Crippen LogP contribution in [-0.4, -0.2) is 6.61 Å². The second-order valence-corrected chi connectivity index (χ2v) is 5.42. The maximum atomic E-state index is 14.5. The van der Waals surface area contributed by atoms with E-state index in [1.165, 1.54) is 0 Å². The molecule has 3 aromatic rings. The van der Waals surface area contributed by atoms with Crippen molar-refractivity contribution in [2.45, 2.75) is 20.3 Å². The first kappa shape index (κ1) is 15.5. The number of fused-ring (bicyclic) bond motifs is 1. The third kappa shape index (κ3) is 2.91. The van der Waals surface area contributed by atoms with Crippen LogP contribution < -0.4 is 4.74 Å². The Morgan fingerprint density at radius 1 is 0.870 bits per heavy atom. The standard InChI is InChI=1S/C20H18F2O/c1-3-13-5-7-14(8-6-13)17-11-15-9-10-16(23-4-2)12-18(15)20(22)19(17)21/h5-12H,3-4H2,1-2H3. The number of hydrogen-bond acceptors (Lipinski definition) is 1. The van der Waals surface area contributed by atoms with E-state index in [1.54, 1.807) is 24.3 Å². The molecule has 0 aliphatic rings. The smallest absolute Gasteiger partial charge is 0.167 e. The summed E-state index contributed by atoms with van der Waals surface area (Å²) in [6.45, 7) is 4.39. The topological polar surface area (TPSA) is 9.23 Å². The van der Waals surface area contributed by atoms with E-state index in [-0.39, 0.29) is 10.9 Å². The van der Waals surface area contributed by atoms with Gasteiger partial charge in [-0.1, -0.05) is 37.3 Å². The molecular weight excluding hydrogens is 294 g/mol. The van der Waals surface area contributed by atoms with Crippen molar-refractivity contribution >= 4 is 10.8 Å². The van der Waals surface area contributed by atoms with Crippen LogP contribution in [0, 0.1) is 11.6 Å². The van der Waals surface area contributed by atoms with Crippen molar-refractivity contribution < 1.29 is 13.5 Å². The molecule has 0 bridgehead atoms. The third-order valence-corrected chi connectivity index (χ3v) is 3.97. The average Bonchev–Trinajstić information content (AvgIpc) is 2.59. The van der Waals surface area contributed by atoms with Gasteiger partial charge in [-0.25, -0.2) is 8.78 Å². The van der Waals surface area contributed by atoms with E-state index in [0.29, 0.717) is 23.3 Å². The number of ether oxygens (including phenoxy) is 1. The summed E-state index contributed by atoms with van der Waals surface area (Å²) in [5.74, 6) is -1.12. The molecule has 0 unspecified atom stereocenters. The Hall–Kier alpha value is -2.42. The summed E-state index contributed by atoms with van der Waals surface area (Å²) in [6.07, 6.45) is 0.912. The van der Waals surface area contributed by atoms with Crippen molar-refractivity contribution in [1.82, 2.24) is 0 Å². The third-order valence-electron chi connectivity index (χ3n) is 3.97. The van der Waals surface area contributed by atoms with Gasteiger partial charge < -0.3 is 4.74 Å². The predicted molar refractivity (Wildman–Crippen MR) is 89.8 cm³/mol. The van der Waals surface area contributed by atoms with E-state index in [0.717, 1.165) is 12.0 Å². The van der Waals surface area contributed by atoms with Gasteiger partial charge in [-0.2, -0.15) is 0 Å². The van der Waals surface area contributed by atoms with Crippen LogP contribution in [0.4, 0.5) is 8.78 Å². The Bertz CT molecular complexity index is 838. The monoisotopic (exact) mass is 312 g/mol. The molecule has 0 aliphatic heterocycles. The zero-order valence-corrected chi connectivity index (χ0v) is 13.2. The highest BCUT2D eigenvalue weighted by Gasteiger charge is 2.15. The van der Waals surface area contributed by atoms with Gasteiger partial charge in [0.2, 0.25) is 0 Å². The van der Waals surface area contributed by atoms with Gasteiger partial charge in [-0.15, -0.1) is 0 Å². The Morgan fingerprint density at radius 2 is 1.61 bits per heavy atom. The molecule has 0 aliphatic carbocycles. The van der Waals surface area contributed by atoms with Gasteiger partial charge in [0.25, 0.3) is 0 Å². The molecule has 0 atom stereocenters. The number of aryl methyl sites for hydroxylation is 1. The van der Waals surface area contributed by atoms with Gasteiger partial charge in [-0.05, 0) is 48.1 Å². The molecule has 0 amide bonds. The van der Waals surface area contributed by atoms with Gasteiger partial charge in [0.1, 0.15) is 5.75 Å². The maximum absolute atomic E-state index is 14.5. The first-order valence-corrected chi connectivity index (χ1v) is 7.78. The Kier molecular flexibility index (Phi) is 4.28. The summed E-state index contributed by atoms with van der Waals surface area (Å²) in [5, 5.41) is 0.893. The Morgan fingerprint density at radius 3 is 2.26 bits per heavy atom. The summed E-state index contributed by atoms with van der Waals surface area (Å²) in [4.78, 5) is 0. The molecule has 0 spiro atoms. The SMILES string of the molecule is CCOc1ccc2cc(-c3ccc(CC)cc3)c(F)c(F)c2c1. The van der Waals surface area contributed by atoms with Crippen LogP contribution >= 0.6 is 0 Å². The van der Waals surface area contributed by atoms with E-state index in [1.807, 2.05) is 31.2 Å². The van der Waals surface area contributed by atoms with Crippen LogP contribution in [0.5, 0.6) is 5.75 Å². The van der Waals surface area contributed by atoms with Gasteiger partial charge >= 0.3 is 0 Å². The number of hydrogen-bond donors (Lipinski definition) is 0. The summed E-state index contributed by atoms with van der Waals surface area (Å²) in [6, 6.07) is 14.3. The lowest BCUT2D eigenvalue weighted by Crippen LogP contribution is -1.95. The molecule has 0 radical (unpaired) electrons. The van der Waals surface area contributed by atoms with Gasteiger partial charge in [0, 0.05) is 10.9 Å². The minimum absolute atomic E-state index is 0.238. The summed E-state index contributed by atoms with van der Waals surface area (Å²) in [7, 11) is 0. The molecular formula is C20H18F2O. The number of halogens is 2. The Labute approximate surface area is 134 Å². The van der Waals surface area contributed by atoms with Gasteiger partial charge in [-0.3, -0.25) is 0 Å². The highest BCUT2D eigenvalue weighted by Crippen LogP contribution is 2.32. The second-order valence-electron chi connectivity index (χ2n) is 5.42. The van der Waals surface area contributed by atoms with Crippen LogP contribution in [0.3, 0.4) is 0 Å². The van der Waals surface area contributed by atoms with Crippen molar-refractivity contribution in [3.63, 3.8) is 0 Å². The van der Waals surface area contributed by atoms with Crippen LogP contribution in [0.15, 0.2) is 48.5 Å². The lowest BCUT2D eigenvalue weighted by Gasteiger charge is -2.10. The number of rotatable bonds is 4. The molecule has 3 aromatic carbocycles. The molecule has 23 heavy (non-hydrogen) atoms. The molecule has 0 aromatic heterocycles. The fourth-order valence-electron chi connectivity index (χ4n) is 2.69. The summed E-state index contributed by atoms with van der Waals surface area (Å²) >= 11 is 0. The van der Waals surface area contributed by atoms with E-state index < -0.39 is 11.6 Å². The molecule has 3 rings (SSSR count). The quantitative estimate of drug-likeness (QED) is 0.596. The van der Waals surface area contributed by atoms with E-state index in [4.69, 9.17) is 4.74 Å². The van der Waals surface area contributed by atoms with Crippen molar-refractivity contribution in [3.8, 4) is 16.9 Å². The largest absolute Gasteiger partial charge is 0.494 e. The molecule has 3 heteroatoms. The molecule has 1 nitrogen and oxygen atoms in total. The number of benzene rings is 3. The summed E-state index contributed by atoms with van der Waals surface area (Å²) in [5.41, 5.74) is 2.12. The first-order valence-electron chi connectivity index (χ1n) is 7.78. The zero-order valence-electron chi connectivity index (χ0n) is 13.2. The lowest BCUT2D eigenvalue weighted by atomic mass is 9.98. The molecule has 0 saturated carbocycles. The zero-order chi connectivity index (χ0) is 16.4. The maximum Gasteiger partial charge on any atom is 0.167 e. The fraction of sp³-hybridized carbons (Fsp3) is 0.200. The fourth-order valence-corrected chi connectivity index (χ4v) is 2.69. The van der Waals surface area contributed by atoms with E-state index in [2.05, 4.69) is 6.92 Å². The van der Waals surface area contributed by atoms with Crippen molar-refractivity contribution in [2.75, 3.05) is 6.61 Å². The highest BCUT2D eigenvalue weighted by atomic mass is 19.2. The normalized spacial score (nSPS) is 11.0. The van der Waals surface area contributed by atoms with Crippen molar-refractivity contribution in [3.05, 3.63) is 65.7 Å². The van der Waals surface area contributed by atoms with Crippen molar-refractivity contribution in [2.24, 2.45) is 0 Å². The minimum Gasteiger partial charge on any atom is -0.494 e. The van der Waals surface area contributed by atoms with Gasteiger partial charge in [0.05, 0.1) is 6.61 Å². The Balaban J connectivity index is 2.14. The average molecular weight is 312 g/mol. The van der Waals surface area contributed by atoms with Crippen LogP contribution in [0.2, 0.25) is 0 Å². The first-order chi connectivity index (χ1) is 11.1. The molecule has 0 heterocycles. The van der Waals surface area contributed by atoms with E-state index >= 15 is 0 Å². The van der Waals surface area contributed by atoms with Gasteiger partial charge in [0.15, 0.2) is 11.6 Å². The second kappa shape index (κ2) is 6.37. The van der Waals surface area contributed by atoms with Crippen molar-refractivity contribution in [1.29, 1.82) is 0 Å². The molecule has 0 N–H and O–H groups in total. The van der Waals surface area contributed by atoms with Crippen LogP contribution in [-0.2, 0) is 6.42 Å². The summed E-state index contributed by atoms with van der Waals surface area (Å²) < 4.78 is 34.3. The van der Waals surface area contributed by atoms with Crippen LogP contribution in [0.25, 0.3) is 21.9 Å². The predicted octanol–water partition coefficient (Wildman–Crippen LogP) is 5.75. The molecule has 118 valence electrons. The minimum atomic E-state index is -0.835. The molecule has 0 fully saturated rings. The molecule has 0 saturated heterocycles. The van der Waals surface area contributed by atoms with E-state index in [9.17, 15) is 8.78 Å². The highest BCUT2D eigenvalue weighted by molar-refractivity contribution is 5.89.